The van der Waals surface area contributed by atoms with Crippen LogP contribution in [-0.2, 0) is 9.59 Å². The number of aliphatic carboxylic acids is 1. The van der Waals surface area contributed by atoms with Crippen molar-refractivity contribution < 1.29 is 14.7 Å². The second-order valence-electron chi connectivity index (χ2n) is 4.56. The summed E-state index contributed by atoms with van der Waals surface area (Å²) >= 11 is 5.44. The molecule has 1 aliphatic carbocycles. The average Bonchev–Trinajstić information content (AvgIpc) is 2.42. The van der Waals surface area contributed by atoms with Crippen molar-refractivity contribution in [3.63, 3.8) is 0 Å². The molecule has 0 bridgehead atoms. The normalized spacial score (nSPS) is 22.8. The van der Waals surface area contributed by atoms with E-state index >= 15 is 0 Å². The number of carbonyl (C=O) groups is 2. The first-order valence-corrected chi connectivity index (χ1v) is 6.77. The van der Waals surface area contributed by atoms with E-state index in [1.54, 1.807) is 0 Å². The molecule has 1 rings (SSSR count). The van der Waals surface area contributed by atoms with Gasteiger partial charge in [-0.15, -0.1) is 16.5 Å². The zero-order chi connectivity index (χ0) is 14.3. The number of rotatable bonds is 7. The fourth-order valence-electron chi connectivity index (χ4n) is 2.16. The highest BCUT2D eigenvalue weighted by molar-refractivity contribution is 6.18. The summed E-state index contributed by atoms with van der Waals surface area (Å²) in [6, 6.07) is 0.115. The van der Waals surface area contributed by atoms with E-state index in [0.29, 0.717) is 25.7 Å². The van der Waals surface area contributed by atoms with Crippen LogP contribution in [-0.4, -0.2) is 47.0 Å². The van der Waals surface area contributed by atoms with Gasteiger partial charge in [-0.1, -0.05) is 0 Å². The number of halogens is 1. The lowest BCUT2D eigenvalue weighted by Gasteiger charge is -2.27. The van der Waals surface area contributed by atoms with Crippen LogP contribution in [0, 0.1) is 10.8 Å². The van der Waals surface area contributed by atoms with Gasteiger partial charge in [0.05, 0.1) is 24.3 Å². The Balaban J connectivity index is 2.28. The summed E-state index contributed by atoms with van der Waals surface area (Å²) < 4.78 is 0. The van der Waals surface area contributed by atoms with E-state index in [2.05, 4.69) is 10.6 Å². The molecule has 1 amide bonds. The lowest BCUT2D eigenvalue weighted by atomic mass is 9.86. The van der Waals surface area contributed by atoms with Crippen molar-refractivity contribution in [2.45, 2.75) is 31.7 Å². The van der Waals surface area contributed by atoms with Crippen molar-refractivity contribution in [3.05, 3.63) is 4.91 Å². The van der Waals surface area contributed by atoms with Gasteiger partial charge in [-0.2, -0.15) is 5.01 Å². The van der Waals surface area contributed by atoms with Crippen molar-refractivity contribution in [2.75, 3.05) is 19.0 Å². The molecule has 1 saturated carbocycles. The van der Waals surface area contributed by atoms with Crippen LogP contribution in [0.1, 0.15) is 25.7 Å². The maximum absolute atomic E-state index is 11.6. The number of carboxylic acids is 1. The van der Waals surface area contributed by atoms with Gasteiger partial charge in [-0.05, 0) is 25.7 Å². The van der Waals surface area contributed by atoms with Crippen molar-refractivity contribution in [2.24, 2.45) is 11.2 Å². The van der Waals surface area contributed by atoms with Gasteiger partial charge in [-0.3, -0.25) is 9.59 Å². The van der Waals surface area contributed by atoms with Gasteiger partial charge in [-0.25, -0.2) is 0 Å². The second kappa shape index (κ2) is 8.06. The maximum Gasteiger partial charge on any atom is 0.306 e. The molecule has 1 aliphatic rings. The monoisotopic (exact) mass is 291 g/mol. The van der Waals surface area contributed by atoms with Crippen LogP contribution in [0.5, 0.6) is 0 Å². The van der Waals surface area contributed by atoms with Gasteiger partial charge in [0.2, 0.25) is 0 Å². The third kappa shape index (κ3) is 5.12. The van der Waals surface area contributed by atoms with E-state index in [1.807, 2.05) is 0 Å². The van der Waals surface area contributed by atoms with Crippen molar-refractivity contribution in [1.29, 1.82) is 0 Å². The van der Waals surface area contributed by atoms with E-state index in [-0.39, 0.29) is 30.9 Å². The van der Waals surface area contributed by atoms with Crippen molar-refractivity contribution in [3.8, 4) is 0 Å². The number of hydrogen-bond acceptors (Lipinski definition) is 5. The predicted octanol–water partition coefficient (Wildman–Crippen LogP) is 0.968. The van der Waals surface area contributed by atoms with E-state index in [9.17, 15) is 14.5 Å². The average molecular weight is 292 g/mol. The third-order valence-electron chi connectivity index (χ3n) is 3.30. The molecule has 108 valence electrons. The summed E-state index contributed by atoms with van der Waals surface area (Å²) in [6.07, 6.45) is 2.65. The molecule has 2 N–H and O–H groups in total. The summed E-state index contributed by atoms with van der Waals surface area (Å²) in [5.74, 6) is -1.30. The molecular weight excluding hydrogens is 274 g/mol. The van der Waals surface area contributed by atoms with E-state index < -0.39 is 11.9 Å². The summed E-state index contributed by atoms with van der Waals surface area (Å²) in [7, 11) is 0. The number of carboxylic acid groups (broad SMARTS) is 1. The standard InChI is InChI=1S/C11H18ClN3O4/c12-5-6-15(14-19)10(16)7-13-9-3-1-8(2-4-9)11(17)18/h8-9,13H,1-7H2,(H,17,18). The smallest absolute Gasteiger partial charge is 0.306 e. The minimum Gasteiger partial charge on any atom is -0.481 e. The highest BCUT2D eigenvalue weighted by atomic mass is 35.5. The molecule has 0 unspecified atom stereocenters. The third-order valence-corrected chi connectivity index (χ3v) is 3.47. The van der Waals surface area contributed by atoms with Gasteiger partial charge in [0.25, 0.3) is 5.91 Å². The second-order valence-corrected chi connectivity index (χ2v) is 4.93. The Morgan fingerprint density at radius 1 is 1.32 bits per heavy atom. The quantitative estimate of drug-likeness (QED) is 0.414. The molecule has 0 heterocycles. The first-order valence-electron chi connectivity index (χ1n) is 6.24. The van der Waals surface area contributed by atoms with Crippen LogP contribution in [0.25, 0.3) is 0 Å². The number of alkyl halides is 1. The van der Waals surface area contributed by atoms with E-state index in [4.69, 9.17) is 16.7 Å². The SMILES string of the molecule is O=NN(CCCl)C(=O)CNC1CCC(C(=O)O)CC1. The van der Waals surface area contributed by atoms with Gasteiger partial charge in [0.15, 0.2) is 0 Å². The molecular formula is C11H18ClN3O4. The minimum absolute atomic E-state index is 0.0189. The Hall–Kier alpha value is -1.21. The van der Waals surface area contributed by atoms with Crippen LogP contribution >= 0.6 is 11.6 Å². The van der Waals surface area contributed by atoms with Crippen LogP contribution in [0.3, 0.4) is 0 Å². The van der Waals surface area contributed by atoms with Crippen LogP contribution < -0.4 is 5.32 Å². The molecule has 0 spiro atoms. The molecule has 0 aromatic carbocycles. The molecule has 8 heteroatoms. The number of nitrogens with one attached hydrogen (secondary N) is 1. The molecule has 1 fully saturated rings. The Labute approximate surface area is 116 Å². The summed E-state index contributed by atoms with van der Waals surface area (Å²) in [4.78, 5) is 32.8. The van der Waals surface area contributed by atoms with Crippen LogP contribution in [0.15, 0.2) is 5.29 Å². The van der Waals surface area contributed by atoms with Crippen molar-refractivity contribution >= 4 is 23.5 Å². The topological polar surface area (TPSA) is 99.1 Å². The maximum atomic E-state index is 11.6. The highest BCUT2D eigenvalue weighted by Gasteiger charge is 2.26. The molecule has 7 nitrogen and oxygen atoms in total. The number of nitroso groups, excluding NO2 is 1. The number of hydrogen-bond donors (Lipinski definition) is 2. The highest BCUT2D eigenvalue weighted by Crippen LogP contribution is 2.24. The fourth-order valence-corrected chi connectivity index (χ4v) is 2.32. The van der Waals surface area contributed by atoms with Crippen LogP contribution in [0.4, 0.5) is 0 Å². The van der Waals surface area contributed by atoms with Crippen LogP contribution in [0.2, 0.25) is 0 Å². The molecule has 0 aliphatic heterocycles. The zero-order valence-corrected chi connectivity index (χ0v) is 11.3. The molecule has 0 saturated heterocycles. The minimum atomic E-state index is -0.757. The largest absolute Gasteiger partial charge is 0.481 e. The summed E-state index contributed by atoms with van der Waals surface area (Å²) in [5, 5.41) is 15.3. The number of carbonyl (C=O) groups excluding carboxylic acids is 1. The van der Waals surface area contributed by atoms with Gasteiger partial charge < -0.3 is 10.4 Å². The lowest BCUT2D eigenvalue weighted by Crippen LogP contribution is -2.42. The van der Waals surface area contributed by atoms with E-state index in [1.165, 1.54) is 0 Å². The van der Waals surface area contributed by atoms with Gasteiger partial charge in [0, 0.05) is 11.9 Å². The number of nitrogens with zero attached hydrogens (tertiary/aromatic N) is 2. The Morgan fingerprint density at radius 3 is 2.42 bits per heavy atom. The van der Waals surface area contributed by atoms with Gasteiger partial charge in [0.1, 0.15) is 0 Å². The Bertz CT molecular complexity index is 332. The number of amides is 1. The molecule has 0 aromatic rings. The van der Waals surface area contributed by atoms with Crippen molar-refractivity contribution in [1.82, 2.24) is 10.3 Å². The lowest BCUT2D eigenvalue weighted by molar-refractivity contribution is -0.143. The van der Waals surface area contributed by atoms with E-state index in [0.717, 1.165) is 5.01 Å². The molecule has 19 heavy (non-hydrogen) atoms. The first kappa shape index (κ1) is 15.8. The Kier molecular flexibility index (Phi) is 6.72. The summed E-state index contributed by atoms with van der Waals surface area (Å²) in [5.41, 5.74) is 0. The van der Waals surface area contributed by atoms with Gasteiger partial charge >= 0.3 is 5.97 Å². The predicted molar refractivity (Wildman–Crippen MR) is 69.6 cm³/mol. The Morgan fingerprint density at radius 2 is 1.95 bits per heavy atom. The molecule has 0 aromatic heterocycles. The zero-order valence-electron chi connectivity index (χ0n) is 10.5. The molecule has 0 atom stereocenters. The first-order chi connectivity index (χ1) is 9.08. The fraction of sp³-hybridized carbons (Fsp3) is 0.818. The summed E-state index contributed by atoms with van der Waals surface area (Å²) in [6.45, 7) is 0.113. The molecule has 0 radical (unpaired) electrons.